The molecule has 2 saturated carbocycles. The van der Waals surface area contributed by atoms with Crippen LogP contribution >= 0.6 is 0 Å². The maximum absolute atomic E-state index is 12.9. The van der Waals surface area contributed by atoms with E-state index in [1.165, 1.54) is 12.1 Å². The van der Waals surface area contributed by atoms with Crippen molar-refractivity contribution in [2.45, 2.75) is 50.7 Å². The zero-order valence-corrected chi connectivity index (χ0v) is 15.9. The molecule has 29 heavy (non-hydrogen) atoms. The summed E-state index contributed by atoms with van der Waals surface area (Å²) >= 11 is 0. The topological polar surface area (TPSA) is 56.5 Å². The average molecular weight is 408 g/mol. The van der Waals surface area contributed by atoms with Crippen LogP contribution in [0.1, 0.15) is 42.9 Å². The summed E-state index contributed by atoms with van der Waals surface area (Å²) in [5.41, 5.74) is 1.40. The molecule has 5 rings (SSSR count). The van der Waals surface area contributed by atoms with Gasteiger partial charge in [-0.1, -0.05) is 17.3 Å². The van der Waals surface area contributed by atoms with E-state index >= 15 is 0 Å². The first-order valence-electron chi connectivity index (χ1n) is 10.2. The zero-order valence-electron chi connectivity index (χ0n) is 15.9. The monoisotopic (exact) mass is 408 g/mol. The molecule has 2 heterocycles. The summed E-state index contributed by atoms with van der Waals surface area (Å²) in [6.45, 7) is 2.29. The third kappa shape index (κ3) is 3.88. The summed E-state index contributed by atoms with van der Waals surface area (Å²) in [5, 5.41) is 7.55. The summed E-state index contributed by atoms with van der Waals surface area (Å²) in [6, 6.07) is 6.05. The zero-order chi connectivity index (χ0) is 20.0. The van der Waals surface area contributed by atoms with Crippen molar-refractivity contribution in [3.05, 3.63) is 35.6 Å². The SMILES string of the molecule is FC(F)(F)Oc1ccccc1-c1noc(C2CC2)c1CO[C@@H]1CCC2CNC[C@H]21. The van der Waals surface area contributed by atoms with Gasteiger partial charge in [0.25, 0.3) is 0 Å². The number of aromatic nitrogens is 1. The Morgan fingerprint density at radius 1 is 1.10 bits per heavy atom. The number of rotatable bonds is 6. The Morgan fingerprint density at radius 2 is 1.93 bits per heavy atom. The minimum atomic E-state index is -4.77. The van der Waals surface area contributed by atoms with Crippen LogP contribution in [0.25, 0.3) is 11.3 Å². The second kappa shape index (κ2) is 7.32. The van der Waals surface area contributed by atoms with Gasteiger partial charge < -0.3 is 19.3 Å². The smallest absolute Gasteiger partial charge is 0.405 e. The molecule has 5 nitrogen and oxygen atoms in total. The Bertz CT molecular complexity index is 878. The number of nitrogens with zero attached hydrogens (tertiary/aromatic N) is 1. The fourth-order valence-electron chi connectivity index (χ4n) is 4.71. The lowest BCUT2D eigenvalue weighted by molar-refractivity contribution is -0.274. The third-order valence-electron chi connectivity index (χ3n) is 6.27. The van der Waals surface area contributed by atoms with Crippen LogP contribution in [0, 0.1) is 11.8 Å². The molecule has 1 aromatic carbocycles. The molecular formula is C21H23F3N2O3. The summed E-state index contributed by atoms with van der Waals surface area (Å²) in [7, 11) is 0. The van der Waals surface area contributed by atoms with Crippen LogP contribution in [0.15, 0.2) is 28.8 Å². The first kappa shape index (κ1) is 18.9. The minimum absolute atomic E-state index is 0.159. The van der Waals surface area contributed by atoms with E-state index in [9.17, 15) is 13.2 Å². The van der Waals surface area contributed by atoms with Crippen LogP contribution in [-0.4, -0.2) is 30.7 Å². The number of fused-ring (bicyclic) bond motifs is 1. The van der Waals surface area contributed by atoms with Crippen LogP contribution in [0.4, 0.5) is 13.2 Å². The normalized spacial score (nSPS) is 26.7. The van der Waals surface area contributed by atoms with Crippen LogP contribution in [-0.2, 0) is 11.3 Å². The van der Waals surface area contributed by atoms with Gasteiger partial charge in [0, 0.05) is 29.5 Å². The molecule has 1 aromatic heterocycles. The van der Waals surface area contributed by atoms with E-state index in [0.717, 1.165) is 50.1 Å². The van der Waals surface area contributed by atoms with Crippen molar-refractivity contribution >= 4 is 0 Å². The molecule has 8 heteroatoms. The predicted octanol–water partition coefficient (Wildman–Crippen LogP) is 4.63. The van der Waals surface area contributed by atoms with Gasteiger partial charge in [0.1, 0.15) is 17.2 Å². The van der Waals surface area contributed by atoms with Gasteiger partial charge in [-0.15, -0.1) is 13.2 Å². The maximum Gasteiger partial charge on any atom is 0.573 e. The van der Waals surface area contributed by atoms with E-state index in [0.29, 0.717) is 24.1 Å². The van der Waals surface area contributed by atoms with Gasteiger partial charge in [-0.3, -0.25) is 0 Å². The summed E-state index contributed by atoms with van der Waals surface area (Å²) in [5.74, 6) is 1.89. The van der Waals surface area contributed by atoms with E-state index in [1.807, 2.05) is 0 Å². The Hall–Kier alpha value is -2.06. The van der Waals surface area contributed by atoms with Crippen LogP contribution in [0.5, 0.6) is 5.75 Å². The van der Waals surface area contributed by atoms with Crippen molar-refractivity contribution < 1.29 is 27.2 Å². The highest BCUT2D eigenvalue weighted by molar-refractivity contribution is 5.70. The number of benzene rings is 1. The highest BCUT2D eigenvalue weighted by atomic mass is 19.4. The fourth-order valence-corrected chi connectivity index (χ4v) is 4.71. The quantitative estimate of drug-likeness (QED) is 0.755. The molecule has 3 atom stereocenters. The van der Waals surface area contributed by atoms with Gasteiger partial charge in [-0.2, -0.15) is 0 Å². The largest absolute Gasteiger partial charge is 0.573 e. The summed E-state index contributed by atoms with van der Waals surface area (Å²) in [4.78, 5) is 0. The molecule has 3 fully saturated rings. The van der Waals surface area contributed by atoms with Gasteiger partial charge in [-0.05, 0) is 50.3 Å². The Labute approximate surface area is 166 Å². The number of hydrogen-bond acceptors (Lipinski definition) is 5. The van der Waals surface area contributed by atoms with Gasteiger partial charge in [0.15, 0.2) is 0 Å². The standard InChI is InChI=1S/C21H23F3N2O3/c22-21(23,24)28-18-4-2-1-3-14(18)19-16(20(29-26-19)12-5-6-12)11-27-17-8-7-13-9-25-10-15(13)17/h1-4,12-13,15,17,25H,5-11H2/t13?,15-,17-/m1/s1. The third-order valence-corrected chi connectivity index (χ3v) is 6.27. The molecule has 0 bridgehead atoms. The molecule has 1 N–H and O–H groups in total. The predicted molar refractivity (Wildman–Crippen MR) is 98.3 cm³/mol. The Morgan fingerprint density at radius 3 is 2.72 bits per heavy atom. The van der Waals surface area contributed by atoms with Crippen molar-refractivity contribution in [3.63, 3.8) is 0 Å². The lowest BCUT2D eigenvalue weighted by Gasteiger charge is -2.19. The van der Waals surface area contributed by atoms with E-state index in [1.54, 1.807) is 12.1 Å². The lowest BCUT2D eigenvalue weighted by Crippen LogP contribution is -2.23. The first-order chi connectivity index (χ1) is 14.0. The Balaban J connectivity index is 1.43. The second-order valence-corrected chi connectivity index (χ2v) is 8.20. The number of halogens is 3. The minimum Gasteiger partial charge on any atom is -0.405 e. The van der Waals surface area contributed by atoms with E-state index in [4.69, 9.17) is 9.26 Å². The second-order valence-electron chi connectivity index (χ2n) is 8.20. The number of hydrogen-bond donors (Lipinski definition) is 1. The van der Waals surface area contributed by atoms with Crippen molar-refractivity contribution in [2.24, 2.45) is 11.8 Å². The summed E-state index contributed by atoms with van der Waals surface area (Å²) < 4.78 is 54.7. The van der Waals surface area contributed by atoms with Gasteiger partial charge in [-0.25, -0.2) is 0 Å². The number of ether oxygens (including phenoxy) is 2. The van der Waals surface area contributed by atoms with E-state index < -0.39 is 6.36 Å². The van der Waals surface area contributed by atoms with E-state index in [2.05, 4.69) is 15.2 Å². The molecule has 1 unspecified atom stereocenters. The highest BCUT2D eigenvalue weighted by Crippen LogP contribution is 2.46. The van der Waals surface area contributed by atoms with Gasteiger partial charge in [0.05, 0.1) is 12.7 Å². The highest BCUT2D eigenvalue weighted by Gasteiger charge is 2.41. The molecule has 3 aliphatic rings. The number of alkyl halides is 3. The molecule has 1 saturated heterocycles. The van der Waals surface area contributed by atoms with Crippen molar-refractivity contribution in [1.29, 1.82) is 0 Å². The molecule has 1 aliphatic heterocycles. The van der Waals surface area contributed by atoms with Crippen LogP contribution < -0.4 is 10.1 Å². The molecular weight excluding hydrogens is 385 g/mol. The number of para-hydroxylation sites is 1. The van der Waals surface area contributed by atoms with Crippen LogP contribution in [0.3, 0.4) is 0 Å². The number of nitrogens with one attached hydrogen (secondary N) is 1. The molecule has 0 radical (unpaired) electrons. The fraction of sp³-hybridized carbons (Fsp3) is 0.571. The average Bonchev–Trinajstić information content (AvgIpc) is 3.10. The molecule has 0 spiro atoms. The van der Waals surface area contributed by atoms with Crippen LogP contribution in [0.2, 0.25) is 0 Å². The van der Waals surface area contributed by atoms with Crippen molar-refractivity contribution in [1.82, 2.24) is 10.5 Å². The molecule has 2 aromatic rings. The van der Waals surface area contributed by atoms with E-state index in [-0.39, 0.29) is 23.3 Å². The molecule has 0 amide bonds. The van der Waals surface area contributed by atoms with Gasteiger partial charge >= 0.3 is 6.36 Å². The van der Waals surface area contributed by atoms with Gasteiger partial charge in [0.2, 0.25) is 0 Å². The van der Waals surface area contributed by atoms with Crippen molar-refractivity contribution in [2.75, 3.05) is 13.1 Å². The lowest BCUT2D eigenvalue weighted by atomic mass is 9.99. The first-order valence-corrected chi connectivity index (χ1v) is 10.2. The summed E-state index contributed by atoms with van der Waals surface area (Å²) in [6.07, 6.45) is -0.447. The molecule has 2 aliphatic carbocycles. The van der Waals surface area contributed by atoms with Crippen molar-refractivity contribution in [3.8, 4) is 17.0 Å². The maximum atomic E-state index is 12.9. The molecule has 156 valence electrons. The Kier molecular flexibility index (Phi) is 4.78.